The predicted molar refractivity (Wildman–Crippen MR) is 85.5 cm³/mol. The summed E-state index contributed by atoms with van der Waals surface area (Å²) in [6.45, 7) is 1.76. The van der Waals surface area contributed by atoms with Gasteiger partial charge in [-0.3, -0.25) is 4.79 Å². The fourth-order valence-corrected chi connectivity index (χ4v) is 3.85. The van der Waals surface area contributed by atoms with Crippen molar-refractivity contribution in [3.05, 3.63) is 35.2 Å². The lowest BCUT2D eigenvalue weighted by Gasteiger charge is -2.35. The van der Waals surface area contributed by atoms with Crippen LogP contribution in [0.1, 0.15) is 23.2 Å². The van der Waals surface area contributed by atoms with Crippen molar-refractivity contribution in [3.8, 4) is 0 Å². The maximum absolute atomic E-state index is 12.8. The standard InChI is InChI=1S/C16H20N2O2S/c1-17(12-7-9-18(20-2)10-8-12)16(19)14-11-21-15-6-4-3-5-13(14)15/h3-6,11-12H,7-10H2,1-2H3. The predicted octanol–water partition coefficient (Wildman–Crippen LogP) is 3.00. The minimum absolute atomic E-state index is 0.128. The maximum Gasteiger partial charge on any atom is 0.255 e. The highest BCUT2D eigenvalue weighted by Gasteiger charge is 2.27. The molecule has 1 fully saturated rings. The van der Waals surface area contributed by atoms with Crippen LogP contribution < -0.4 is 0 Å². The fourth-order valence-electron chi connectivity index (χ4n) is 2.91. The normalized spacial score (nSPS) is 17.2. The van der Waals surface area contributed by atoms with E-state index in [1.54, 1.807) is 18.4 Å². The molecule has 2 aromatic rings. The van der Waals surface area contributed by atoms with E-state index < -0.39 is 0 Å². The van der Waals surface area contributed by atoms with Gasteiger partial charge < -0.3 is 9.74 Å². The van der Waals surface area contributed by atoms with Crippen LogP contribution in [0.15, 0.2) is 29.6 Å². The van der Waals surface area contributed by atoms with Crippen LogP contribution in [0, 0.1) is 0 Å². The topological polar surface area (TPSA) is 32.8 Å². The van der Waals surface area contributed by atoms with Gasteiger partial charge in [-0.15, -0.1) is 11.3 Å². The highest BCUT2D eigenvalue weighted by molar-refractivity contribution is 7.17. The Labute approximate surface area is 128 Å². The van der Waals surface area contributed by atoms with Gasteiger partial charge >= 0.3 is 0 Å². The average molecular weight is 304 g/mol. The van der Waals surface area contributed by atoms with Crippen LogP contribution in [0.3, 0.4) is 0 Å². The molecule has 0 bridgehead atoms. The Kier molecular flexibility index (Phi) is 4.24. The molecule has 4 nitrogen and oxygen atoms in total. The highest BCUT2D eigenvalue weighted by atomic mass is 32.1. The van der Waals surface area contributed by atoms with Gasteiger partial charge in [0.25, 0.3) is 5.91 Å². The van der Waals surface area contributed by atoms with Gasteiger partial charge in [-0.05, 0) is 18.9 Å². The number of hydrogen-bond acceptors (Lipinski definition) is 4. The van der Waals surface area contributed by atoms with Crippen molar-refractivity contribution >= 4 is 27.3 Å². The van der Waals surface area contributed by atoms with Gasteiger partial charge in [0.05, 0.1) is 12.7 Å². The molecule has 0 saturated carbocycles. The summed E-state index contributed by atoms with van der Waals surface area (Å²) in [6.07, 6.45) is 1.91. The van der Waals surface area contributed by atoms with Crippen LogP contribution >= 0.6 is 11.3 Å². The number of hydrogen-bond donors (Lipinski definition) is 0. The summed E-state index contributed by atoms with van der Waals surface area (Å²) in [4.78, 5) is 19.9. The van der Waals surface area contributed by atoms with Gasteiger partial charge in [0.2, 0.25) is 0 Å². The molecular weight excluding hydrogens is 284 g/mol. The van der Waals surface area contributed by atoms with Crippen LogP contribution in [0.4, 0.5) is 0 Å². The van der Waals surface area contributed by atoms with Crippen molar-refractivity contribution in [1.29, 1.82) is 0 Å². The molecule has 1 amide bonds. The van der Waals surface area contributed by atoms with Crippen molar-refractivity contribution < 1.29 is 9.63 Å². The zero-order chi connectivity index (χ0) is 14.8. The minimum atomic E-state index is 0.128. The van der Waals surface area contributed by atoms with E-state index in [0.29, 0.717) is 6.04 Å². The number of hydroxylamine groups is 2. The Morgan fingerprint density at radius 3 is 2.76 bits per heavy atom. The Balaban J connectivity index is 1.76. The third-order valence-corrected chi connectivity index (χ3v) is 5.22. The molecule has 0 N–H and O–H groups in total. The summed E-state index contributed by atoms with van der Waals surface area (Å²) >= 11 is 1.63. The molecule has 1 aromatic carbocycles. The van der Waals surface area contributed by atoms with Gasteiger partial charge in [0.1, 0.15) is 0 Å². The summed E-state index contributed by atoms with van der Waals surface area (Å²) in [5.74, 6) is 0.128. The van der Waals surface area contributed by atoms with Crippen LogP contribution in [-0.4, -0.2) is 49.2 Å². The van der Waals surface area contributed by atoms with E-state index in [2.05, 4.69) is 6.07 Å². The monoisotopic (exact) mass is 304 g/mol. The maximum atomic E-state index is 12.8. The number of piperidine rings is 1. The average Bonchev–Trinajstić information content (AvgIpc) is 2.97. The second-order valence-corrected chi connectivity index (χ2v) is 6.32. The molecule has 0 unspecified atom stereocenters. The highest BCUT2D eigenvalue weighted by Crippen LogP contribution is 2.27. The molecule has 3 rings (SSSR count). The van der Waals surface area contributed by atoms with Crippen molar-refractivity contribution in [3.63, 3.8) is 0 Å². The fraction of sp³-hybridized carbons (Fsp3) is 0.438. The molecule has 1 aliphatic rings. The number of thiophene rings is 1. The first-order valence-corrected chi connectivity index (χ1v) is 8.11. The zero-order valence-corrected chi connectivity index (χ0v) is 13.2. The molecule has 5 heteroatoms. The Bertz CT molecular complexity index is 632. The summed E-state index contributed by atoms with van der Waals surface area (Å²) in [5.41, 5.74) is 0.826. The Morgan fingerprint density at radius 1 is 1.33 bits per heavy atom. The van der Waals surface area contributed by atoms with Crippen molar-refractivity contribution in [1.82, 2.24) is 9.96 Å². The van der Waals surface area contributed by atoms with Crippen LogP contribution in [0.5, 0.6) is 0 Å². The first kappa shape index (κ1) is 14.5. The van der Waals surface area contributed by atoms with Crippen LogP contribution in [0.25, 0.3) is 10.1 Å². The number of fused-ring (bicyclic) bond motifs is 1. The smallest absolute Gasteiger partial charge is 0.255 e. The zero-order valence-electron chi connectivity index (χ0n) is 12.4. The summed E-state index contributed by atoms with van der Waals surface area (Å²) in [7, 11) is 3.62. The van der Waals surface area contributed by atoms with Crippen LogP contribution in [0.2, 0.25) is 0 Å². The molecule has 21 heavy (non-hydrogen) atoms. The van der Waals surface area contributed by atoms with Crippen LogP contribution in [-0.2, 0) is 4.84 Å². The van der Waals surface area contributed by atoms with E-state index >= 15 is 0 Å². The molecule has 0 atom stereocenters. The SMILES string of the molecule is CON1CCC(N(C)C(=O)c2csc3ccccc23)CC1. The third kappa shape index (κ3) is 2.81. The number of nitrogens with zero attached hydrogens (tertiary/aromatic N) is 2. The van der Waals surface area contributed by atoms with Gasteiger partial charge in [-0.1, -0.05) is 18.2 Å². The van der Waals surface area contributed by atoms with E-state index in [4.69, 9.17) is 4.84 Å². The van der Waals surface area contributed by atoms with E-state index in [1.165, 1.54) is 4.70 Å². The second-order valence-electron chi connectivity index (χ2n) is 5.40. The molecule has 1 aromatic heterocycles. The second kappa shape index (κ2) is 6.13. The molecule has 112 valence electrons. The Hall–Kier alpha value is -1.43. The molecule has 1 saturated heterocycles. The summed E-state index contributed by atoms with van der Waals surface area (Å²) < 4.78 is 1.17. The molecule has 0 radical (unpaired) electrons. The van der Waals surface area contributed by atoms with Gasteiger partial charge in [0.15, 0.2) is 0 Å². The van der Waals surface area contributed by atoms with E-state index in [0.717, 1.165) is 36.9 Å². The number of rotatable bonds is 3. The molecular formula is C16H20N2O2S. The third-order valence-electron chi connectivity index (χ3n) is 4.26. The van der Waals surface area contributed by atoms with Gasteiger partial charge in [0, 0.05) is 41.6 Å². The molecule has 0 aliphatic carbocycles. The van der Waals surface area contributed by atoms with Crippen molar-refractivity contribution in [2.75, 3.05) is 27.2 Å². The number of carbonyl (C=O) groups excluding carboxylic acids is 1. The lowest BCUT2D eigenvalue weighted by Crippen LogP contribution is -2.45. The van der Waals surface area contributed by atoms with E-state index in [-0.39, 0.29) is 5.91 Å². The van der Waals surface area contributed by atoms with Gasteiger partial charge in [-0.25, -0.2) is 0 Å². The number of benzene rings is 1. The lowest BCUT2D eigenvalue weighted by atomic mass is 10.0. The Morgan fingerprint density at radius 2 is 2.05 bits per heavy atom. The van der Waals surface area contributed by atoms with Gasteiger partial charge in [-0.2, -0.15) is 5.06 Å². The quantitative estimate of drug-likeness (QED) is 0.874. The molecule has 0 spiro atoms. The largest absolute Gasteiger partial charge is 0.339 e. The summed E-state index contributed by atoms with van der Waals surface area (Å²) in [6, 6.07) is 8.39. The molecule has 1 aliphatic heterocycles. The van der Waals surface area contributed by atoms with Crippen molar-refractivity contribution in [2.24, 2.45) is 0 Å². The van der Waals surface area contributed by atoms with Crippen molar-refractivity contribution in [2.45, 2.75) is 18.9 Å². The van der Waals surface area contributed by atoms with E-state index in [9.17, 15) is 4.79 Å². The number of amides is 1. The number of carbonyl (C=O) groups is 1. The van der Waals surface area contributed by atoms with E-state index in [1.807, 2.05) is 40.6 Å². The first-order chi connectivity index (χ1) is 10.2. The molecule has 2 heterocycles. The minimum Gasteiger partial charge on any atom is -0.339 e. The summed E-state index contributed by atoms with van der Waals surface area (Å²) in [5, 5.41) is 5.00. The first-order valence-electron chi connectivity index (χ1n) is 7.23. The lowest BCUT2D eigenvalue weighted by molar-refractivity contribution is -0.148.